The molecule has 1 aromatic heterocycles. The van der Waals surface area contributed by atoms with Crippen LogP contribution in [0.2, 0.25) is 5.02 Å². The Labute approximate surface area is 157 Å². The summed E-state index contributed by atoms with van der Waals surface area (Å²) in [6.45, 7) is 0. The maximum absolute atomic E-state index is 12.3. The number of rotatable bonds is 3. The van der Waals surface area contributed by atoms with E-state index >= 15 is 0 Å². The van der Waals surface area contributed by atoms with Crippen molar-refractivity contribution < 1.29 is 4.79 Å². The van der Waals surface area contributed by atoms with Crippen molar-refractivity contribution in [3.8, 4) is 0 Å². The maximum atomic E-state index is 12.3. The van der Waals surface area contributed by atoms with E-state index in [-0.39, 0.29) is 10.8 Å². The molecule has 5 nitrogen and oxygen atoms in total. The number of anilines is 2. The van der Waals surface area contributed by atoms with Crippen LogP contribution in [-0.2, 0) is 4.79 Å². The number of thiazole rings is 1. The Balaban J connectivity index is 1.74. The van der Waals surface area contributed by atoms with E-state index in [2.05, 4.69) is 15.3 Å². The lowest BCUT2D eigenvalue weighted by atomic mass is 10.1. The number of carbonyl (C=O) groups is 1. The van der Waals surface area contributed by atoms with Gasteiger partial charge in [-0.3, -0.25) is 14.6 Å². The predicted molar refractivity (Wildman–Crippen MR) is 104 cm³/mol. The number of para-hydroxylation sites is 1. The fourth-order valence-corrected chi connectivity index (χ4v) is 3.44. The summed E-state index contributed by atoms with van der Waals surface area (Å²) in [5.74, 6) is 0.192. The van der Waals surface area contributed by atoms with Crippen molar-refractivity contribution >= 4 is 52.5 Å². The Hall–Kier alpha value is -2.96. The number of amides is 1. The van der Waals surface area contributed by atoms with Crippen molar-refractivity contribution in [1.29, 1.82) is 0 Å². The molecule has 0 fully saturated rings. The van der Waals surface area contributed by atoms with Crippen LogP contribution in [-0.4, -0.2) is 10.9 Å². The van der Waals surface area contributed by atoms with Gasteiger partial charge in [0.2, 0.25) is 0 Å². The average Bonchev–Trinajstić information content (AvgIpc) is 2.96. The molecule has 26 heavy (non-hydrogen) atoms. The van der Waals surface area contributed by atoms with E-state index in [9.17, 15) is 9.59 Å². The smallest absolute Gasteiger partial charge is 0.306 e. The van der Waals surface area contributed by atoms with Gasteiger partial charge in [0.05, 0.1) is 10.2 Å². The van der Waals surface area contributed by atoms with Crippen molar-refractivity contribution in [2.45, 2.75) is 0 Å². The molecule has 3 aromatic rings. The van der Waals surface area contributed by atoms with Crippen LogP contribution >= 0.6 is 22.9 Å². The van der Waals surface area contributed by atoms with Gasteiger partial charge in [0, 0.05) is 21.5 Å². The van der Waals surface area contributed by atoms with Crippen molar-refractivity contribution in [2.75, 3.05) is 5.32 Å². The quantitative estimate of drug-likeness (QED) is 0.685. The van der Waals surface area contributed by atoms with Crippen molar-refractivity contribution in [3.63, 3.8) is 0 Å². The number of aromatic amines is 1. The zero-order valence-electron chi connectivity index (χ0n) is 13.3. The number of benzene rings is 2. The van der Waals surface area contributed by atoms with Gasteiger partial charge in [0.15, 0.2) is 0 Å². The number of aromatic nitrogens is 1. The minimum Gasteiger partial charge on any atom is -0.341 e. The van der Waals surface area contributed by atoms with Crippen LogP contribution in [0.15, 0.2) is 63.9 Å². The van der Waals surface area contributed by atoms with E-state index in [0.717, 1.165) is 22.2 Å². The molecule has 0 spiro atoms. The lowest BCUT2D eigenvalue weighted by molar-refractivity contribution is -0.114. The van der Waals surface area contributed by atoms with Crippen LogP contribution in [0.4, 0.5) is 11.5 Å². The summed E-state index contributed by atoms with van der Waals surface area (Å²) in [5.41, 5.74) is 1.20. The molecule has 0 unspecified atom stereocenters. The number of halogens is 1. The number of H-pyrrole nitrogens is 1. The fourth-order valence-electron chi connectivity index (χ4n) is 2.57. The molecule has 0 saturated heterocycles. The Kier molecular flexibility index (Phi) is 4.28. The third-order valence-electron chi connectivity index (χ3n) is 3.79. The Morgan fingerprint density at radius 2 is 1.85 bits per heavy atom. The largest absolute Gasteiger partial charge is 0.341 e. The SMILES string of the molecule is O=C1N=c2ccccc2=C/C1=C\c1sc(=O)[nH]c1Nc1ccc(Cl)cc1. The molecule has 0 aliphatic carbocycles. The Bertz CT molecular complexity index is 1210. The fraction of sp³-hybridized carbons (Fsp3) is 0. The van der Waals surface area contributed by atoms with Gasteiger partial charge < -0.3 is 5.32 Å². The third kappa shape index (κ3) is 3.37. The average molecular weight is 382 g/mol. The van der Waals surface area contributed by atoms with E-state index in [1.165, 1.54) is 0 Å². The number of nitrogens with one attached hydrogen (secondary N) is 2. The number of carbonyl (C=O) groups excluding carboxylic acids is 1. The second-order valence-corrected chi connectivity index (χ2v) is 7.06. The molecule has 1 aliphatic rings. The first-order chi connectivity index (χ1) is 12.6. The molecule has 0 bridgehead atoms. The van der Waals surface area contributed by atoms with Crippen molar-refractivity contribution in [2.24, 2.45) is 4.99 Å². The van der Waals surface area contributed by atoms with Crippen LogP contribution in [0.25, 0.3) is 12.2 Å². The van der Waals surface area contributed by atoms with Crippen LogP contribution in [0.5, 0.6) is 0 Å². The molecule has 0 atom stereocenters. The normalized spacial score (nSPS) is 14.5. The summed E-state index contributed by atoms with van der Waals surface area (Å²) in [7, 11) is 0. The molecule has 1 amide bonds. The molecule has 2 heterocycles. The standard InChI is InChI=1S/C19H12ClN3O2S/c20-13-5-7-14(8-6-13)21-17-16(26-19(25)23-17)10-12-9-11-3-1-2-4-15(11)22-18(12)24/h1-10,21H,(H,23,25)/b12-10+. The van der Waals surface area contributed by atoms with Gasteiger partial charge in [-0.15, -0.1) is 0 Å². The second kappa shape index (κ2) is 6.74. The van der Waals surface area contributed by atoms with Gasteiger partial charge in [0.1, 0.15) is 5.82 Å². The van der Waals surface area contributed by atoms with Crippen LogP contribution in [0, 0.1) is 0 Å². The summed E-state index contributed by atoms with van der Waals surface area (Å²) in [4.78, 5) is 31.4. The first-order valence-corrected chi connectivity index (χ1v) is 8.95. The highest BCUT2D eigenvalue weighted by Gasteiger charge is 2.13. The van der Waals surface area contributed by atoms with E-state index in [4.69, 9.17) is 11.6 Å². The van der Waals surface area contributed by atoms with E-state index in [0.29, 0.717) is 26.6 Å². The molecule has 2 aromatic carbocycles. The molecule has 1 aliphatic heterocycles. The van der Waals surface area contributed by atoms with E-state index < -0.39 is 0 Å². The van der Waals surface area contributed by atoms with Gasteiger partial charge >= 0.3 is 4.87 Å². The molecule has 0 saturated carbocycles. The maximum Gasteiger partial charge on any atom is 0.306 e. The first-order valence-electron chi connectivity index (χ1n) is 7.76. The van der Waals surface area contributed by atoms with E-state index in [1.807, 2.05) is 18.2 Å². The Morgan fingerprint density at radius 3 is 2.65 bits per heavy atom. The lowest BCUT2D eigenvalue weighted by Gasteiger charge is -2.06. The third-order valence-corrected chi connectivity index (χ3v) is 4.87. The summed E-state index contributed by atoms with van der Waals surface area (Å²) >= 11 is 6.91. The molecular formula is C19H12ClN3O2S. The van der Waals surface area contributed by atoms with Gasteiger partial charge in [-0.25, -0.2) is 4.99 Å². The summed E-state index contributed by atoms with van der Waals surface area (Å²) in [6, 6.07) is 14.5. The van der Waals surface area contributed by atoms with Gasteiger partial charge in [-0.1, -0.05) is 41.1 Å². The second-order valence-electron chi connectivity index (χ2n) is 5.61. The Morgan fingerprint density at radius 1 is 1.08 bits per heavy atom. The van der Waals surface area contributed by atoms with E-state index in [1.54, 1.807) is 42.5 Å². The highest BCUT2D eigenvalue weighted by Crippen LogP contribution is 2.24. The first kappa shape index (κ1) is 16.5. The molecule has 4 rings (SSSR count). The van der Waals surface area contributed by atoms with Crippen molar-refractivity contribution in [3.05, 3.63) is 84.2 Å². The van der Waals surface area contributed by atoms with Crippen molar-refractivity contribution in [1.82, 2.24) is 4.98 Å². The highest BCUT2D eigenvalue weighted by atomic mass is 35.5. The number of hydrogen-bond acceptors (Lipinski definition) is 4. The minimum atomic E-state index is -0.331. The van der Waals surface area contributed by atoms with Crippen LogP contribution < -0.4 is 20.8 Å². The van der Waals surface area contributed by atoms with Gasteiger partial charge in [0.25, 0.3) is 5.91 Å². The van der Waals surface area contributed by atoms with Gasteiger partial charge in [-0.2, -0.15) is 0 Å². The monoisotopic (exact) mass is 381 g/mol. The predicted octanol–water partition coefficient (Wildman–Crippen LogP) is 2.86. The lowest BCUT2D eigenvalue weighted by Crippen LogP contribution is -2.29. The number of hydrogen-bond donors (Lipinski definition) is 2. The van der Waals surface area contributed by atoms with Crippen LogP contribution in [0.1, 0.15) is 4.88 Å². The minimum absolute atomic E-state index is 0.214. The molecule has 0 radical (unpaired) electrons. The molecule has 128 valence electrons. The van der Waals surface area contributed by atoms with Gasteiger partial charge in [-0.05, 0) is 42.5 Å². The topological polar surface area (TPSA) is 74.3 Å². The highest BCUT2D eigenvalue weighted by molar-refractivity contribution is 7.10. The number of nitrogens with zero attached hydrogens (tertiary/aromatic N) is 1. The molecular weight excluding hydrogens is 370 g/mol. The molecule has 2 N–H and O–H groups in total. The zero-order chi connectivity index (χ0) is 18.1. The molecule has 7 heteroatoms. The summed E-state index contributed by atoms with van der Waals surface area (Å²) < 4.78 is 0. The summed E-state index contributed by atoms with van der Waals surface area (Å²) in [6.07, 6.45) is 3.45. The van der Waals surface area contributed by atoms with Crippen LogP contribution in [0.3, 0.4) is 0 Å². The summed E-state index contributed by atoms with van der Waals surface area (Å²) in [5, 5.41) is 5.28. The number of fused-ring (bicyclic) bond motifs is 1. The zero-order valence-corrected chi connectivity index (χ0v) is 14.9.